The number of urea groups is 1. The molecular formula is C19H17F6N7O. The molecule has 0 atom stereocenters. The van der Waals surface area contributed by atoms with E-state index < -0.39 is 35.2 Å². The van der Waals surface area contributed by atoms with Gasteiger partial charge in [0.2, 0.25) is 0 Å². The molecule has 0 radical (unpaired) electrons. The average Bonchev–Trinajstić information content (AvgIpc) is 3.16. The van der Waals surface area contributed by atoms with Crippen LogP contribution in [-0.4, -0.2) is 39.1 Å². The van der Waals surface area contributed by atoms with E-state index >= 15 is 0 Å². The summed E-state index contributed by atoms with van der Waals surface area (Å²) in [5, 5.41) is 19.3. The maximum atomic E-state index is 12.9. The topological polar surface area (TPSA) is 96.8 Å². The monoisotopic (exact) mass is 473 g/mol. The highest BCUT2D eigenvalue weighted by molar-refractivity contribution is 5.89. The fraction of sp³-hybridized carbons (Fsp3) is 0.263. The van der Waals surface area contributed by atoms with E-state index in [2.05, 4.69) is 25.9 Å². The number of benzene rings is 1. The first-order chi connectivity index (χ1) is 15.4. The van der Waals surface area contributed by atoms with Crippen LogP contribution < -0.4 is 16.0 Å². The number of aryl methyl sites for hydroxylation is 1. The molecule has 0 aliphatic rings. The van der Waals surface area contributed by atoms with Crippen LogP contribution in [0.2, 0.25) is 0 Å². The Hall–Kier alpha value is -3.84. The second-order valence-corrected chi connectivity index (χ2v) is 6.78. The van der Waals surface area contributed by atoms with Crippen molar-refractivity contribution in [2.75, 3.05) is 23.7 Å². The second-order valence-electron chi connectivity index (χ2n) is 6.78. The molecule has 0 saturated heterocycles. The van der Waals surface area contributed by atoms with Crippen LogP contribution in [0.1, 0.15) is 16.8 Å². The van der Waals surface area contributed by atoms with Crippen molar-refractivity contribution in [2.45, 2.75) is 19.3 Å². The molecule has 0 unspecified atom stereocenters. The molecule has 0 spiro atoms. The smallest absolute Gasteiger partial charge is 0.367 e. The minimum Gasteiger partial charge on any atom is -0.367 e. The lowest BCUT2D eigenvalue weighted by atomic mass is 10.1. The molecule has 3 N–H and O–H groups in total. The normalized spacial score (nSPS) is 11.8. The lowest BCUT2D eigenvalue weighted by Gasteiger charge is -2.15. The van der Waals surface area contributed by atoms with Crippen LogP contribution in [-0.2, 0) is 12.4 Å². The molecule has 8 nitrogen and oxygen atoms in total. The van der Waals surface area contributed by atoms with Gasteiger partial charge in [0.1, 0.15) is 5.82 Å². The van der Waals surface area contributed by atoms with E-state index in [1.165, 1.54) is 4.68 Å². The van der Waals surface area contributed by atoms with Crippen molar-refractivity contribution in [3.63, 3.8) is 0 Å². The number of alkyl halides is 6. The van der Waals surface area contributed by atoms with Crippen LogP contribution in [0.25, 0.3) is 5.82 Å². The molecule has 0 fully saturated rings. The number of amides is 2. The van der Waals surface area contributed by atoms with Gasteiger partial charge in [-0.05, 0) is 43.3 Å². The summed E-state index contributed by atoms with van der Waals surface area (Å²) < 4.78 is 78.9. The van der Waals surface area contributed by atoms with Gasteiger partial charge in [-0.3, -0.25) is 0 Å². The number of halogens is 6. The van der Waals surface area contributed by atoms with E-state index in [0.717, 1.165) is 5.69 Å². The summed E-state index contributed by atoms with van der Waals surface area (Å²) >= 11 is 0. The molecule has 0 aliphatic carbocycles. The quantitative estimate of drug-likeness (QED) is 0.368. The first kappa shape index (κ1) is 23.8. The first-order valence-electron chi connectivity index (χ1n) is 9.36. The van der Waals surface area contributed by atoms with Gasteiger partial charge in [0, 0.05) is 25.0 Å². The summed E-state index contributed by atoms with van der Waals surface area (Å²) in [5.41, 5.74) is -2.88. The molecule has 0 aliphatic heterocycles. The minimum absolute atomic E-state index is 0.00128. The molecule has 14 heteroatoms. The lowest BCUT2D eigenvalue weighted by molar-refractivity contribution is -0.143. The third-order valence-corrected chi connectivity index (χ3v) is 4.17. The van der Waals surface area contributed by atoms with Gasteiger partial charge in [0.25, 0.3) is 0 Å². The number of rotatable bonds is 6. The van der Waals surface area contributed by atoms with Crippen LogP contribution in [0, 0.1) is 6.92 Å². The van der Waals surface area contributed by atoms with Gasteiger partial charge in [-0.15, -0.1) is 10.2 Å². The van der Waals surface area contributed by atoms with Crippen LogP contribution in [0.4, 0.5) is 42.6 Å². The van der Waals surface area contributed by atoms with Crippen molar-refractivity contribution in [1.29, 1.82) is 0 Å². The molecule has 3 aromatic rings. The average molecular weight is 473 g/mol. The number of carbonyl (C=O) groups excluding carboxylic acids is 1. The Morgan fingerprint density at radius 3 is 2.12 bits per heavy atom. The lowest BCUT2D eigenvalue weighted by Crippen LogP contribution is -2.33. The van der Waals surface area contributed by atoms with Gasteiger partial charge >= 0.3 is 18.4 Å². The highest BCUT2D eigenvalue weighted by Gasteiger charge is 2.37. The highest BCUT2D eigenvalue weighted by atomic mass is 19.4. The maximum absolute atomic E-state index is 12.9. The van der Waals surface area contributed by atoms with Gasteiger partial charge in [0.05, 0.1) is 16.8 Å². The standard InChI is InChI=1S/C19H17F6N7O/c1-11-4-7-32(31-11)16-3-2-15(29-30-16)26-5-6-27-17(33)28-14-9-12(18(20,21)22)8-13(10-14)19(23,24)25/h2-4,7-10H,5-6H2,1H3,(H,26,29)(H2,27,28,33). The predicted octanol–water partition coefficient (Wildman–Crippen LogP) is 4.24. The zero-order chi connectivity index (χ0) is 24.2. The summed E-state index contributed by atoms with van der Waals surface area (Å²) in [7, 11) is 0. The summed E-state index contributed by atoms with van der Waals surface area (Å²) in [6.07, 6.45) is -8.30. The van der Waals surface area contributed by atoms with E-state index in [4.69, 9.17) is 0 Å². The van der Waals surface area contributed by atoms with Crippen LogP contribution in [0.5, 0.6) is 0 Å². The molecule has 2 heterocycles. The predicted molar refractivity (Wildman–Crippen MR) is 106 cm³/mol. The van der Waals surface area contributed by atoms with E-state index in [-0.39, 0.29) is 19.2 Å². The van der Waals surface area contributed by atoms with Crippen LogP contribution in [0.3, 0.4) is 0 Å². The molecule has 176 valence electrons. The maximum Gasteiger partial charge on any atom is 0.416 e. The molecule has 3 rings (SSSR count). The third-order valence-electron chi connectivity index (χ3n) is 4.17. The number of aromatic nitrogens is 4. The number of hydrogen-bond acceptors (Lipinski definition) is 5. The van der Waals surface area contributed by atoms with E-state index in [9.17, 15) is 31.1 Å². The summed E-state index contributed by atoms with van der Waals surface area (Å²) in [6, 6.07) is 4.94. The molecule has 33 heavy (non-hydrogen) atoms. The summed E-state index contributed by atoms with van der Waals surface area (Å²) in [5.74, 6) is 0.878. The van der Waals surface area contributed by atoms with Crippen LogP contribution >= 0.6 is 0 Å². The number of carbonyl (C=O) groups is 1. The van der Waals surface area contributed by atoms with Crippen molar-refractivity contribution >= 4 is 17.5 Å². The van der Waals surface area contributed by atoms with Gasteiger partial charge < -0.3 is 16.0 Å². The van der Waals surface area contributed by atoms with Gasteiger partial charge in [-0.2, -0.15) is 31.4 Å². The highest BCUT2D eigenvalue weighted by Crippen LogP contribution is 2.37. The number of nitrogens with one attached hydrogen (secondary N) is 3. The largest absolute Gasteiger partial charge is 0.416 e. The Labute approximate surface area is 183 Å². The van der Waals surface area contributed by atoms with Crippen molar-refractivity contribution in [2.24, 2.45) is 0 Å². The molecule has 0 saturated carbocycles. The minimum atomic E-state index is -5.01. The van der Waals surface area contributed by atoms with E-state index in [1.807, 2.05) is 12.2 Å². The first-order valence-corrected chi connectivity index (χ1v) is 9.36. The van der Waals surface area contributed by atoms with Gasteiger partial charge in [-0.25, -0.2) is 9.48 Å². The molecule has 2 amide bonds. The zero-order valence-corrected chi connectivity index (χ0v) is 16.9. The summed E-state index contributed by atoms with van der Waals surface area (Å²) in [6.45, 7) is 1.99. The van der Waals surface area contributed by atoms with Crippen molar-refractivity contribution < 1.29 is 31.1 Å². The Morgan fingerprint density at radius 2 is 1.61 bits per heavy atom. The zero-order valence-electron chi connectivity index (χ0n) is 16.9. The summed E-state index contributed by atoms with van der Waals surface area (Å²) in [4.78, 5) is 11.9. The van der Waals surface area contributed by atoms with Crippen molar-refractivity contribution in [1.82, 2.24) is 25.3 Å². The van der Waals surface area contributed by atoms with E-state index in [0.29, 0.717) is 23.8 Å². The number of anilines is 2. The fourth-order valence-electron chi connectivity index (χ4n) is 2.65. The van der Waals surface area contributed by atoms with Gasteiger partial charge in [-0.1, -0.05) is 0 Å². The molecule has 1 aromatic carbocycles. The van der Waals surface area contributed by atoms with Gasteiger partial charge in [0.15, 0.2) is 5.82 Å². The second kappa shape index (κ2) is 9.34. The Balaban J connectivity index is 1.52. The third kappa shape index (κ3) is 6.57. The van der Waals surface area contributed by atoms with Crippen molar-refractivity contribution in [3.8, 4) is 5.82 Å². The van der Waals surface area contributed by atoms with E-state index in [1.54, 1.807) is 24.4 Å². The number of nitrogens with zero attached hydrogens (tertiary/aromatic N) is 4. The Kier molecular flexibility index (Phi) is 6.74. The Morgan fingerprint density at radius 1 is 0.939 bits per heavy atom. The molecular weight excluding hydrogens is 456 g/mol. The van der Waals surface area contributed by atoms with Crippen molar-refractivity contribution in [3.05, 3.63) is 59.4 Å². The Bertz CT molecular complexity index is 1080. The van der Waals surface area contributed by atoms with Crippen LogP contribution in [0.15, 0.2) is 42.6 Å². The SMILES string of the molecule is Cc1ccn(-c2ccc(NCCNC(=O)Nc3cc(C(F)(F)F)cc(C(F)(F)F)c3)nn2)n1. The molecule has 0 bridgehead atoms. The molecule has 2 aromatic heterocycles. The fourth-order valence-corrected chi connectivity index (χ4v) is 2.65. The number of hydrogen-bond donors (Lipinski definition) is 3.